The summed E-state index contributed by atoms with van der Waals surface area (Å²) in [5.74, 6) is 0.476. The van der Waals surface area contributed by atoms with Gasteiger partial charge in [-0.15, -0.1) is 0 Å². The van der Waals surface area contributed by atoms with Gasteiger partial charge in [0, 0.05) is 39.0 Å². The van der Waals surface area contributed by atoms with Gasteiger partial charge in [-0.1, -0.05) is 0 Å². The maximum absolute atomic E-state index is 11.1. The summed E-state index contributed by atoms with van der Waals surface area (Å²) in [4.78, 5) is 17.8. The molecule has 1 aromatic rings. The van der Waals surface area contributed by atoms with E-state index in [0.29, 0.717) is 11.6 Å². The molecule has 1 saturated heterocycles. The van der Waals surface area contributed by atoms with Crippen molar-refractivity contribution in [1.82, 2.24) is 10.3 Å². The third-order valence-corrected chi connectivity index (χ3v) is 3.82. The van der Waals surface area contributed by atoms with Crippen LogP contribution in [0.3, 0.4) is 0 Å². The number of aromatic nitrogens is 1. The molecule has 1 aromatic heterocycles. The summed E-state index contributed by atoms with van der Waals surface area (Å²) in [7, 11) is 1.71. The van der Waals surface area contributed by atoms with Gasteiger partial charge in [-0.3, -0.25) is 4.79 Å². The van der Waals surface area contributed by atoms with Crippen LogP contribution in [0.15, 0.2) is 18.3 Å². The molecule has 1 unspecified atom stereocenters. The summed E-state index contributed by atoms with van der Waals surface area (Å²) in [6, 6.07) is 4.06. The maximum atomic E-state index is 11.1. The van der Waals surface area contributed by atoms with Gasteiger partial charge in [0.2, 0.25) is 5.91 Å². The number of amides is 1. The molecule has 0 aliphatic carbocycles. The Morgan fingerprint density at radius 3 is 3.05 bits per heavy atom. The topological polar surface area (TPSA) is 80.5 Å². The highest BCUT2D eigenvalue weighted by Gasteiger charge is 2.23. The first-order valence-electron chi connectivity index (χ1n) is 7.44. The van der Waals surface area contributed by atoms with E-state index in [1.807, 2.05) is 6.07 Å². The number of methoxy groups -OCH3 is 1. The van der Waals surface area contributed by atoms with Crippen LogP contribution in [0.25, 0.3) is 0 Å². The van der Waals surface area contributed by atoms with E-state index in [1.165, 1.54) is 12.8 Å². The minimum absolute atomic E-state index is 0.433. The second-order valence-electron chi connectivity index (χ2n) is 5.31. The van der Waals surface area contributed by atoms with E-state index in [9.17, 15) is 4.79 Å². The third kappa shape index (κ3) is 4.41. The zero-order valence-corrected chi connectivity index (χ0v) is 12.5. The number of nitrogens with zero attached hydrogens (tertiary/aromatic N) is 2. The van der Waals surface area contributed by atoms with Gasteiger partial charge in [0.05, 0.1) is 12.2 Å². The molecule has 3 N–H and O–H groups in total. The van der Waals surface area contributed by atoms with Gasteiger partial charge in [-0.2, -0.15) is 0 Å². The summed E-state index contributed by atoms with van der Waals surface area (Å²) in [6.07, 6.45) is 5.13. The van der Waals surface area contributed by atoms with Crippen molar-refractivity contribution < 1.29 is 9.53 Å². The number of rotatable bonds is 7. The van der Waals surface area contributed by atoms with Crippen LogP contribution in [0, 0.1) is 0 Å². The number of primary amides is 1. The zero-order valence-electron chi connectivity index (χ0n) is 12.5. The van der Waals surface area contributed by atoms with E-state index in [4.69, 9.17) is 10.5 Å². The fourth-order valence-electron chi connectivity index (χ4n) is 2.66. The van der Waals surface area contributed by atoms with Crippen LogP contribution >= 0.6 is 0 Å². The van der Waals surface area contributed by atoms with Crippen molar-refractivity contribution in [2.24, 2.45) is 5.73 Å². The first kappa shape index (κ1) is 15.7. The lowest BCUT2D eigenvalue weighted by Crippen LogP contribution is -2.46. The highest BCUT2D eigenvalue weighted by Crippen LogP contribution is 2.22. The Kier molecular flexibility index (Phi) is 5.95. The zero-order chi connectivity index (χ0) is 15.1. The van der Waals surface area contributed by atoms with Crippen molar-refractivity contribution in [1.29, 1.82) is 0 Å². The van der Waals surface area contributed by atoms with Gasteiger partial charge in [0.15, 0.2) is 0 Å². The number of hydrogen-bond donors (Lipinski definition) is 2. The number of anilines is 1. The van der Waals surface area contributed by atoms with Crippen LogP contribution in [0.4, 0.5) is 5.82 Å². The molecule has 2 heterocycles. The van der Waals surface area contributed by atoms with Gasteiger partial charge >= 0.3 is 0 Å². The summed E-state index contributed by atoms with van der Waals surface area (Å²) < 4.78 is 5.05. The van der Waals surface area contributed by atoms with Crippen LogP contribution < -0.4 is 16.0 Å². The number of pyridine rings is 1. The van der Waals surface area contributed by atoms with Crippen LogP contribution in [0.1, 0.15) is 29.6 Å². The monoisotopic (exact) mass is 292 g/mol. The van der Waals surface area contributed by atoms with Crippen molar-refractivity contribution >= 4 is 11.7 Å². The smallest absolute Gasteiger partial charge is 0.250 e. The Hall–Kier alpha value is -1.66. The van der Waals surface area contributed by atoms with E-state index in [0.717, 1.165) is 38.5 Å². The van der Waals surface area contributed by atoms with Gasteiger partial charge in [-0.05, 0) is 31.4 Å². The number of hydrogen-bond acceptors (Lipinski definition) is 5. The fourth-order valence-corrected chi connectivity index (χ4v) is 2.66. The van der Waals surface area contributed by atoms with E-state index in [-0.39, 0.29) is 0 Å². The second kappa shape index (κ2) is 7.95. The van der Waals surface area contributed by atoms with Gasteiger partial charge in [-0.25, -0.2) is 4.98 Å². The molecule has 1 amide bonds. The highest BCUT2D eigenvalue weighted by atomic mass is 16.5. The number of piperidine rings is 1. The molecular weight excluding hydrogens is 268 g/mol. The molecule has 0 radical (unpaired) electrons. The number of nitrogens with one attached hydrogen (secondary N) is 1. The summed E-state index contributed by atoms with van der Waals surface area (Å²) in [5.41, 5.74) is 5.70. The normalized spacial score (nSPS) is 18.7. The minimum Gasteiger partial charge on any atom is -0.383 e. The Bertz CT molecular complexity index is 449. The molecule has 116 valence electrons. The number of carbonyl (C=O) groups is 1. The molecule has 21 heavy (non-hydrogen) atoms. The van der Waals surface area contributed by atoms with E-state index in [1.54, 1.807) is 19.4 Å². The molecule has 2 rings (SSSR count). The second-order valence-corrected chi connectivity index (χ2v) is 5.31. The molecular formula is C15H24N4O2. The minimum atomic E-state index is -0.439. The molecule has 6 nitrogen and oxygen atoms in total. The van der Waals surface area contributed by atoms with Gasteiger partial charge < -0.3 is 20.7 Å². The molecule has 1 atom stereocenters. The first-order chi connectivity index (χ1) is 10.2. The summed E-state index contributed by atoms with van der Waals surface area (Å²) in [5, 5.41) is 3.42. The van der Waals surface area contributed by atoms with Crippen molar-refractivity contribution in [3.63, 3.8) is 0 Å². The van der Waals surface area contributed by atoms with E-state index in [2.05, 4.69) is 15.2 Å². The molecule has 0 bridgehead atoms. The SMILES string of the molecule is COCCNCC1CCCCN1c1ccc(C(N)=O)cn1. The number of carbonyl (C=O) groups excluding carboxylic acids is 1. The molecule has 0 saturated carbocycles. The van der Waals surface area contributed by atoms with E-state index < -0.39 is 5.91 Å². The molecule has 6 heteroatoms. The summed E-state index contributed by atoms with van der Waals surface area (Å²) in [6.45, 7) is 3.50. The molecule has 0 spiro atoms. The van der Waals surface area contributed by atoms with E-state index >= 15 is 0 Å². The number of nitrogens with two attached hydrogens (primary N) is 1. The lowest BCUT2D eigenvalue weighted by atomic mass is 10.0. The first-order valence-corrected chi connectivity index (χ1v) is 7.44. The lowest BCUT2D eigenvalue weighted by molar-refractivity contribution is 0.1000. The van der Waals surface area contributed by atoms with Gasteiger partial charge in [0.1, 0.15) is 5.82 Å². The quantitative estimate of drug-likeness (QED) is 0.726. The Labute approximate surface area is 125 Å². The van der Waals surface area contributed by atoms with Crippen molar-refractivity contribution in [2.75, 3.05) is 38.3 Å². The highest BCUT2D eigenvalue weighted by molar-refractivity contribution is 5.92. The van der Waals surface area contributed by atoms with Crippen molar-refractivity contribution in [3.05, 3.63) is 23.9 Å². The largest absolute Gasteiger partial charge is 0.383 e. The third-order valence-electron chi connectivity index (χ3n) is 3.82. The van der Waals surface area contributed by atoms with Crippen molar-refractivity contribution in [3.8, 4) is 0 Å². The molecule has 1 aliphatic rings. The predicted molar refractivity (Wildman–Crippen MR) is 82.5 cm³/mol. The average Bonchev–Trinajstić information content (AvgIpc) is 2.52. The Balaban J connectivity index is 1.98. The molecule has 1 fully saturated rings. The molecule has 0 aromatic carbocycles. The van der Waals surface area contributed by atoms with Crippen LogP contribution in [0.5, 0.6) is 0 Å². The van der Waals surface area contributed by atoms with Gasteiger partial charge in [0.25, 0.3) is 0 Å². The lowest BCUT2D eigenvalue weighted by Gasteiger charge is -2.37. The standard InChI is InChI=1S/C15H24N4O2/c1-21-9-7-17-11-13-4-2-3-8-19(13)14-6-5-12(10-18-14)15(16)20/h5-6,10,13,17H,2-4,7-9,11H2,1H3,(H2,16,20). The number of ether oxygens (including phenoxy) is 1. The predicted octanol–water partition coefficient (Wildman–Crippen LogP) is 0.775. The maximum Gasteiger partial charge on any atom is 0.250 e. The van der Waals surface area contributed by atoms with Crippen LogP contribution in [-0.2, 0) is 4.74 Å². The van der Waals surface area contributed by atoms with Crippen LogP contribution in [0.2, 0.25) is 0 Å². The molecule has 1 aliphatic heterocycles. The van der Waals surface area contributed by atoms with Crippen molar-refractivity contribution in [2.45, 2.75) is 25.3 Å². The Morgan fingerprint density at radius 1 is 1.52 bits per heavy atom. The summed E-state index contributed by atoms with van der Waals surface area (Å²) >= 11 is 0. The fraction of sp³-hybridized carbons (Fsp3) is 0.600. The van der Waals surface area contributed by atoms with Crippen LogP contribution in [-0.4, -0.2) is 50.3 Å². The average molecular weight is 292 g/mol. The Morgan fingerprint density at radius 2 is 2.38 bits per heavy atom.